The number of carbonyl (C=O) groups is 3. The summed E-state index contributed by atoms with van der Waals surface area (Å²) in [5, 5.41) is 24.1. The van der Waals surface area contributed by atoms with E-state index < -0.39 is 29.8 Å². The molecule has 1 aromatic heterocycles. The number of allylic oxidation sites excluding steroid dienone is 1. The highest BCUT2D eigenvalue weighted by molar-refractivity contribution is 5.97. The third-order valence-corrected chi connectivity index (χ3v) is 7.62. The molecule has 3 N–H and O–H groups in total. The topological polar surface area (TPSA) is 129 Å². The van der Waals surface area contributed by atoms with Crippen LogP contribution in [-0.2, 0) is 21.1 Å². The highest BCUT2D eigenvalue weighted by Crippen LogP contribution is 2.46. The van der Waals surface area contributed by atoms with E-state index >= 15 is 0 Å². The molecule has 10 heteroatoms. The molecule has 194 valence electrons. The average Bonchev–Trinajstić information content (AvgIpc) is 3.41. The lowest BCUT2D eigenvalue weighted by atomic mass is 9.68. The fourth-order valence-corrected chi connectivity index (χ4v) is 5.85. The number of nitrogens with zero attached hydrogens (tertiary/aromatic N) is 4. The Morgan fingerprint density at radius 1 is 1.17 bits per heavy atom. The molecule has 1 aliphatic carbocycles. The number of aromatic nitrogens is 3. The number of aliphatic hydroxyl groups is 1. The second-order valence-corrected chi connectivity index (χ2v) is 10.0. The first-order valence-corrected chi connectivity index (χ1v) is 12.7. The molecule has 0 radical (unpaired) electrons. The van der Waals surface area contributed by atoms with Crippen LogP contribution >= 0.6 is 0 Å². The number of rotatable bonds is 9. The van der Waals surface area contributed by atoms with Crippen LogP contribution in [0.15, 0.2) is 36.4 Å². The average molecular weight is 497 g/mol. The first-order valence-electron chi connectivity index (χ1n) is 12.7. The number of hydrogen-bond donors (Lipinski definition) is 3. The van der Waals surface area contributed by atoms with Gasteiger partial charge in [0.1, 0.15) is 18.2 Å². The lowest BCUT2D eigenvalue weighted by Gasteiger charge is -2.35. The van der Waals surface area contributed by atoms with Crippen molar-refractivity contribution in [3.05, 3.63) is 36.4 Å². The van der Waals surface area contributed by atoms with Crippen LogP contribution in [0.1, 0.15) is 33.6 Å². The van der Waals surface area contributed by atoms with E-state index in [0.29, 0.717) is 0 Å². The van der Waals surface area contributed by atoms with Gasteiger partial charge in [-0.25, -0.2) is 4.68 Å². The van der Waals surface area contributed by atoms with E-state index in [9.17, 15) is 19.5 Å². The molecular weight excluding hydrogens is 460 g/mol. The molecule has 36 heavy (non-hydrogen) atoms. The zero-order chi connectivity index (χ0) is 26.0. The third-order valence-electron chi connectivity index (χ3n) is 7.62. The highest BCUT2D eigenvalue weighted by atomic mass is 16.3. The maximum absolute atomic E-state index is 13.9. The lowest BCUT2D eigenvalue weighted by molar-refractivity contribution is -0.144. The van der Waals surface area contributed by atoms with Crippen molar-refractivity contribution < 1.29 is 19.5 Å². The summed E-state index contributed by atoms with van der Waals surface area (Å²) in [4.78, 5) is 42.2. The standard InChI is InChI=1S/C26H36N6O4/c1-5-8-16-11-12-17-22(21(16)24(34)27-4)26(36)32(20(13-33)15(2)3)23(17)25(35)28-14-31-19-10-7-6-9-18(19)29-30-31/h6-7,9-12,15-17,20-23,33H,5,8,13-14H2,1-4H3,(H,27,34)(H,28,35)/t16-,17+,20+,21-,22+,23+/m1/s1. The van der Waals surface area contributed by atoms with E-state index in [2.05, 4.69) is 20.9 Å². The van der Waals surface area contributed by atoms with Gasteiger partial charge in [0.2, 0.25) is 17.7 Å². The van der Waals surface area contributed by atoms with Gasteiger partial charge in [-0.3, -0.25) is 14.4 Å². The monoisotopic (exact) mass is 496 g/mol. The predicted molar refractivity (Wildman–Crippen MR) is 134 cm³/mol. The van der Waals surface area contributed by atoms with E-state index in [0.717, 1.165) is 23.9 Å². The summed E-state index contributed by atoms with van der Waals surface area (Å²) in [6.45, 7) is 5.69. The fraction of sp³-hybridized carbons (Fsp3) is 0.577. The molecule has 1 aliphatic heterocycles. The summed E-state index contributed by atoms with van der Waals surface area (Å²) >= 11 is 0. The minimum Gasteiger partial charge on any atom is -0.394 e. The van der Waals surface area contributed by atoms with E-state index in [1.807, 2.05) is 57.2 Å². The van der Waals surface area contributed by atoms with Crippen molar-refractivity contribution in [2.45, 2.75) is 52.4 Å². The Bertz CT molecular complexity index is 1140. The number of nitrogens with one attached hydrogen (secondary N) is 2. The molecule has 10 nitrogen and oxygen atoms in total. The summed E-state index contributed by atoms with van der Waals surface area (Å²) in [6, 6.07) is 6.06. The molecule has 2 heterocycles. The van der Waals surface area contributed by atoms with E-state index in [4.69, 9.17) is 0 Å². The molecule has 2 aromatic rings. The van der Waals surface area contributed by atoms with Gasteiger partial charge in [0.05, 0.1) is 30.0 Å². The van der Waals surface area contributed by atoms with Crippen LogP contribution in [0.5, 0.6) is 0 Å². The van der Waals surface area contributed by atoms with E-state index in [1.165, 1.54) is 4.90 Å². The third kappa shape index (κ3) is 4.50. The van der Waals surface area contributed by atoms with Crippen LogP contribution in [0.2, 0.25) is 0 Å². The summed E-state index contributed by atoms with van der Waals surface area (Å²) in [5.74, 6) is -2.67. The maximum Gasteiger partial charge on any atom is 0.244 e. The largest absolute Gasteiger partial charge is 0.394 e. The molecule has 0 unspecified atom stereocenters. The van der Waals surface area contributed by atoms with E-state index in [1.54, 1.807) is 11.7 Å². The summed E-state index contributed by atoms with van der Waals surface area (Å²) in [7, 11) is 1.58. The van der Waals surface area contributed by atoms with Gasteiger partial charge in [-0.15, -0.1) is 5.10 Å². The number of aliphatic hydroxyl groups excluding tert-OH is 1. The zero-order valence-corrected chi connectivity index (χ0v) is 21.3. The molecule has 1 saturated heterocycles. The Morgan fingerprint density at radius 3 is 2.58 bits per heavy atom. The number of hydrogen-bond acceptors (Lipinski definition) is 6. The van der Waals surface area contributed by atoms with Crippen LogP contribution in [0.25, 0.3) is 11.0 Å². The highest BCUT2D eigenvalue weighted by Gasteiger charge is 2.58. The van der Waals surface area contributed by atoms with Crippen LogP contribution in [0, 0.1) is 29.6 Å². The summed E-state index contributed by atoms with van der Waals surface area (Å²) < 4.78 is 1.60. The normalized spacial score (nSPS) is 26.3. The number of benzene rings is 1. The Labute approximate surface area is 211 Å². The number of likely N-dealkylation sites (tertiary alicyclic amines) is 1. The second-order valence-electron chi connectivity index (χ2n) is 10.0. The van der Waals surface area contributed by atoms with Gasteiger partial charge in [0.15, 0.2) is 0 Å². The fourth-order valence-electron chi connectivity index (χ4n) is 5.85. The number of amides is 3. The molecule has 1 aromatic carbocycles. The van der Waals surface area contributed by atoms with Gasteiger partial charge in [-0.05, 0) is 30.4 Å². The van der Waals surface area contributed by atoms with Gasteiger partial charge in [-0.1, -0.05) is 56.7 Å². The smallest absolute Gasteiger partial charge is 0.244 e. The summed E-state index contributed by atoms with van der Waals surface area (Å²) in [6.07, 6.45) is 5.58. The Balaban J connectivity index is 1.68. The van der Waals surface area contributed by atoms with Crippen molar-refractivity contribution in [2.24, 2.45) is 29.6 Å². The second kappa shape index (κ2) is 10.8. The van der Waals surface area contributed by atoms with Crippen molar-refractivity contribution in [2.75, 3.05) is 13.7 Å². The van der Waals surface area contributed by atoms with E-state index in [-0.39, 0.29) is 42.8 Å². The Morgan fingerprint density at radius 2 is 1.92 bits per heavy atom. The first kappa shape index (κ1) is 25.8. The number of carbonyl (C=O) groups excluding carboxylic acids is 3. The van der Waals surface area contributed by atoms with Gasteiger partial charge in [0, 0.05) is 13.0 Å². The Hall–Kier alpha value is -3.27. The molecular formula is C26H36N6O4. The molecule has 0 saturated carbocycles. The minimum absolute atomic E-state index is 0.0810. The zero-order valence-electron chi connectivity index (χ0n) is 21.3. The molecule has 6 atom stereocenters. The molecule has 3 amide bonds. The molecule has 4 rings (SSSR count). The van der Waals surface area contributed by atoms with Crippen molar-refractivity contribution in [3.8, 4) is 0 Å². The Kier molecular flexibility index (Phi) is 7.73. The van der Waals surface area contributed by atoms with Gasteiger partial charge >= 0.3 is 0 Å². The predicted octanol–water partition coefficient (Wildman–Crippen LogP) is 1.31. The lowest BCUT2D eigenvalue weighted by Crippen LogP contribution is -2.54. The van der Waals surface area contributed by atoms with Crippen molar-refractivity contribution in [1.29, 1.82) is 0 Å². The van der Waals surface area contributed by atoms with Crippen molar-refractivity contribution in [3.63, 3.8) is 0 Å². The molecule has 0 spiro atoms. The van der Waals surface area contributed by atoms with Gasteiger partial charge < -0.3 is 20.6 Å². The van der Waals surface area contributed by atoms with Gasteiger partial charge in [-0.2, -0.15) is 0 Å². The molecule has 0 bridgehead atoms. The summed E-state index contributed by atoms with van der Waals surface area (Å²) in [5.41, 5.74) is 1.50. The van der Waals surface area contributed by atoms with Crippen molar-refractivity contribution in [1.82, 2.24) is 30.5 Å². The maximum atomic E-state index is 13.9. The number of para-hydroxylation sites is 1. The van der Waals surface area contributed by atoms with Crippen LogP contribution in [0.3, 0.4) is 0 Å². The van der Waals surface area contributed by atoms with Crippen LogP contribution in [-0.4, -0.2) is 68.5 Å². The van der Waals surface area contributed by atoms with Crippen LogP contribution in [0.4, 0.5) is 0 Å². The first-order chi connectivity index (χ1) is 17.3. The molecule has 2 aliphatic rings. The SMILES string of the molecule is CCC[C@@H]1C=C[C@H]2[C@H](C(=O)N([C@@H](CO)C(C)C)[C@@H]2C(=O)NCn2nnc3ccccc32)[C@@H]1C(=O)NC. The van der Waals surface area contributed by atoms with Crippen LogP contribution < -0.4 is 10.6 Å². The number of fused-ring (bicyclic) bond motifs is 2. The molecule has 1 fully saturated rings. The van der Waals surface area contributed by atoms with Crippen molar-refractivity contribution >= 4 is 28.8 Å². The minimum atomic E-state index is -0.845. The van der Waals surface area contributed by atoms with Gasteiger partial charge in [0.25, 0.3) is 0 Å². The quantitative estimate of drug-likeness (QED) is 0.449.